The molecule has 1 aliphatic heterocycles. The molecule has 0 spiro atoms. The highest BCUT2D eigenvalue weighted by molar-refractivity contribution is 7.92. The van der Waals surface area contributed by atoms with Gasteiger partial charge in [0.05, 0.1) is 11.9 Å². The standard InChI is InChI=1S/C22H25F2N3O4S/c1-15(27(32(2,30)31)18-9-10-19(23)20(24)12-18)22(29)25-13-16-6-3-4-7-17(16)14-26-11-5-8-21(26)28/h3-4,6-7,9-10,12,15H,5,8,11,13-14H2,1-2H3,(H,25,29)/t15-/m0/s1. The second kappa shape index (κ2) is 9.64. The first kappa shape index (κ1) is 23.6. The third kappa shape index (κ3) is 5.42. The van der Waals surface area contributed by atoms with E-state index in [0.717, 1.165) is 46.3 Å². The Morgan fingerprint density at radius 3 is 2.44 bits per heavy atom. The predicted molar refractivity (Wildman–Crippen MR) is 116 cm³/mol. The van der Waals surface area contributed by atoms with E-state index < -0.39 is 33.6 Å². The first-order valence-corrected chi connectivity index (χ1v) is 12.0. The molecule has 7 nitrogen and oxygen atoms in total. The highest BCUT2D eigenvalue weighted by atomic mass is 32.2. The van der Waals surface area contributed by atoms with Crippen LogP contribution in [0, 0.1) is 11.6 Å². The SMILES string of the molecule is C[C@@H](C(=O)NCc1ccccc1CN1CCCC1=O)N(c1ccc(F)c(F)c1)S(C)(=O)=O. The molecular formula is C22H25F2N3O4S. The molecule has 1 fully saturated rings. The largest absolute Gasteiger partial charge is 0.350 e. The van der Waals surface area contributed by atoms with Crippen molar-refractivity contribution < 1.29 is 26.8 Å². The van der Waals surface area contributed by atoms with E-state index in [1.54, 1.807) is 4.90 Å². The molecule has 1 saturated heterocycles. The Hall–Kier alpha value is -3.01. The number of amides is 2. The maximum atomic E-state index is 13.7. The van der Waals surface area contributed by atoms with Crippen LogP contribution < -0.4 is 9.62 Å². The molecule has 0 aromatic heterocycles. The number of carbonyl (C=O) groups is 2. The van der Waals surface area contributed by atoms with Gasteiger partial charge in [-0.05, 0) is 36.6 Å². The first-order valence-electron chi connectivity index (χ1n) is 10.1. The third-order valence-corrected chi connectivity index (χ3v) is 6.59. The minimum atomic E-state index is -3.97. The van der Waals surface area contributed by atoms with Crippen LogP contribution in [0.4, 0.5) is 14.5 Å². The van der Waals surface area contributed by atoms with E-state index in [2.05, 4.69) is 5.32 Å². The molecule has 1 aliphatic rings. The van der Waals surface area contributed by atoms with E-state index in [1.807, 2.05) is 24.3 Å². The summed E-state index contributed by atoms with van der Waals surface area (Å²) in [5.74, 6) is -2.85. The van der Waals surface area contributed by atoms with Crippen LogP contribution in [0.15, 0.2) is 42.5 Å². The number of likely N-dealkylation sites (tertiary alicyclic amines) is 1. The second-order valence-electron chi connectivity index (χ2n) is 7.74. The van der Waals surface area contributed by atoms with E-state index in [9.17, 15) is 26.8 Å². The molecule has 10 heteroatoms. The number of benzene rings is 2. The minimum Gasteiger partial charge on any atom is -0.350 e. The van der Waals surface area contributed by atoms with Crippen LogP contribution in [-0.2, 0) is 32.7 Å². The van der Waals surface area contributed by atoms with E-state index in [1.165, 1.54) is 6.92 Å². The highest BCUT2D eigenvalue weighted by Crippen LogP contribution is 2.23. The van der Waals surface area contributed by atoms with Gasteiger partial charge >= 0.3 is 0 Å². The highest BCUT2D eigenvalue weighted by Gasteiger charge is 2.30. The number of nitrogens with zero attached hydrogens (tertiary/aromatic N) is 2. The Morgan fingerprint density at radius 2 is 1.84 bits per heavy atom. The molecule has 2 aromatic rings. The molecule has 0 radical (unpaired) electrons. The van der Waals surface area contributed by atoms with Gasteiger partial charge in [0.2, 0.25) is 21.8 Å². The van der Waals surface area contributed by atoms with E-state index in [-0.39, 0.29) is 18.1 Å². The average molecular weight is 466 g/mol. The van der Waals surface area contributed by atoms with Crippen molar-refractivity contribution in [3.8, 4) is 0 Å². The number of hydrogen-bond donors (Lipinski definition) is 1. The fraction of sp³-hybridized carbons (Fsp3) is 0.364. The van der Waals surface area contributed by atoms with Gasteiger partial charge < -0.3 is 10.2 Å². The Labute approximate surface area is 186 Å². The number of halogens is 2. The number of hydrogen-bond acceptors (Lipinski definition) is 4. The summed E-state index contributed by atoms with van der Waals surface area (Å²) in [6, 6.07) is 8.80. The molecule has 0 saturated carbocycles. The van der Waals surface area contributed by atoms with Gasteiger partial charge in [-0.25, -0.2) is 17.2 Å². The van der Waals surface area contributed by atoms with Gasteiger partial charge in [0, 0.05) is 32.1 Å². The quantitative estimate of drug-likeness (QED) is 0.649. The molecule has 0 bridgehead atoms. The summed E-state index contributed by atoms with van der Waals surface area (Å²) < 4.78 is 52.4. The number of sulfonamides is 1. The van der Waals surface area contributed by atoms with Gasteiger partial charge in [-0.2, -0.15) is 0 Å². The number of carbonyl (C=O) groups excluding carboxylic acids is 2. The lowest BCUT2D eigenvalue weighted by molar-refractivity contribution is -0.128. The maximum absolute atomic E-state index is 13.7. The average Bonchev–Trinajstić information content (AvgIpc) is 3.13. The van der Waals surface area contributed by atoms with Crippen molar-refractivity contribution in [3.63, 3.8) is 0 Å². The van der Waals surface area contributed by atoms with Crippen LogP contribution in [0.1, 0.15) is 30.9 Å². The van der Waals surface area contributed by atoms with Crippen LogP contribution in [0.3, 0.4) is 0 Å². The van der Waals surface area contributed by atoms with Crippen molar-refractivity contribution in [2.75, 3.05) is 17.1 Å². The predicted octanol–water partition coefficient (Wildman–Crippen LogP) is 2.56. The summed E-state index contributed by atoms with van der Waals surface area (Å²) in [4.78, 5) is 26.5. The van der Waals surface area contributed by atoms with Crippen LogP contribution in [0.2, 0.25) is 0 Å². The fourth-order valence-electron chi connectivity index (χ4n) is 3.72. The fourth-order valence-corrected chi connectivity index (χ4v) is 4.89. The molecule has 0 aliphatic carbocycles. The molecule has 3 rings (SSSR count). The molecule has 2 amide bonds. The molecule has 1 heterocycles. The Morgan fingerprint density at radius 1 is 1.16 bits per heavy atom. The van der Waals surface area contributed by atoms with Crippen molar-refractivity contribution in [3.05, 3.63) is 65.2 Å². The van der Waals surface area contributed by atoms with Gasteiger partial charge in [0.15, 0.2) is 11.6 Å². The van der Waals surface area contributed by atoms with Crippen molar-refractivity contribution in [1.82, 2.24) is 10.2 Å². The maximum Gasteiger partial charge on any atom is 0.243 e. The molecule has 1 atom stereocenters. The van der Waals surface area contributed by atoms with E-state index >= 15 is 0 Å². The van der Waals surface area contributed by atoms with Crippen molar-refractivity contribution in [2.24, 2.45) is 0 Å². The zero-order valence-corrected chi connectivity index (χ0v) is 18.7. The summed E-state index contributed by atoms with van der Waals surface area (Å²) in [7, 11) is -3.97. The van der Waals surface area contributed by atoms with Crippen LogP contribution in [0.5, 0.6) is 0 Å². The van der Waals surface area contributed by atoms with E-state index in [4.69, 9.17) is 0 Å². The zero-order chi connectivity index (χ0) is 23.5. The lowest BCUT2D eigenvalue weighted by Gasteiger charge is -2.28. The van der Waals surface area contributed by atoms with E-state index in [0.29, 0.717) is 19.5 Å². The number of nitrogens with one attached hydrogen (secondary N) is 1. The monoisotopic (exact) mass is 465 g/mol. The summed E-state index contributed by atoms with van der Waals surface area (Å²) in [6.45, 7) is 2.61. The van der Waals surface area contributed by atoms with Crippen LogP contribution >= 0.6 is 0 Å². The van der Waals surface area contributed by atoms with Crippen molar-refractivity contribution in [1.29, 1.82) is 0 Å². The molecule has 32 heavy (non-hydrogen) atoms. The molecule has 0 unspecified atom stereocenters. The molecular weight excluding hydrogens is 440 g/mol. The lowest BCUT2D eigenvalue weighted by atomic mass is 10.1. The van der Waals surface area contributed by atoms with Crippen LogP contribution in [0.25, 0.3) is 0 Å². The lowest BCUT2D eigenvalue weighted by Crippen LogP contribution is -2.47. The van der Waals surface area contributed by atoms with Gasteiger partial charge in [0.1, 0.15) is 6.04 Å². The third-order valence-electron chi connectivity index (χ3n) is 5.35. The Kier molecular flexibility index (Phi) is 7.12. The van der Waals surface area contributed by atoms with Gasteiger partial charge in [-0.15, -0.1) is 0 Å². The summed E-state index contributed by atoms with van der Waals surface area (Å²) in [6.07, 6.45) is 2.24. The van der Waals surface area contributed by atoms with Crippen LogP contribution in [-0.4, -0.2) is 44.0 Å². The number of anilines is 1. The summed E-state index contributed by atoms with van der Waals surface area (Å²) in [5.41, 5.74) is 1.53. The Bertz CT molecular complexity index is 1120. The molecule has 2 aromatic carbocycles. The minimum absolute atomic E-state index is 0.0905. The first-order chi connectivity index (χ1) is 15.1. The summed E-state index contributed by atoms with van der Waals surface area (Å²) >= 11 is 0. The van der Waals surface area contributed by atoms with Gasteiger partial charge in [-0.3, -0.25) is 13.9 Å². The molecule has 172 valence electrons. The Balaban J connectivity index is 1.75. The van der Waals surface area contributed by atoms with Crippen molar-refractivity contribution in [2.45, 2.75) is 38.9 Å². The normalized spacial score (nSPS) is 15.0. The number of rotatable bonds is 8. The van der Waals surface area contributed by atoms with Gasteiger partial charge in [0.25, 0.3) is 0 Å². The molecule has 1 N–H and O–H groups in total. The zero-order valence-electron chi connectivity index (χ0n) is 17.8. The van der Waals surface area contributed by atoms with Crippen molar-refractivity contribution >= 4 is 27.5 Å². The van der Waals surface area contributed by atoms with Gasteiger partial charge in [-0.1, -0.05) is 24.3 Å². The smallest absolute Gasteiger partial charge is 0.243 e. The second-order valence-corrected chi connectivity index (χ2v) is 9.60. The topological polar surface area (TPSA) is 86.8 Å². The summed E-state index contributed by atoms with van der Waals surface area (Å²) in [5, 5.41) is 2.71.